The summed E-state index contributed by atoms with van der Waals surface area (Å²) in [5.74, 6) is 3.93. The second kappa shape index (κ2) is 8.36. The van der Waals surface area contributed by atoms with Crippen LogP contribution in [-0.4, -0.2) is 12.2 Å². The first kappa shape index (κ1) is 23.2. The van der Waals surface area contributed by atoms with Crippen LogP contribution in [0.3, 0.4) is 0 Å². The zero-order chi connectivity index (χ0) is 17.2. The van der Waals surface area contributed by atoms with Gasteiger partial charge in [0.25, 0.3) is 0 Å². The van der Waals surface area contributed by atoms with Crippen LogP contribution in [0.15, 0.2) is 20.6 Å². The Kier molecular flexibility index (Phi) is 7.47. The van der Waals surface area contributed by atoms with Crippen LogP contribution in [0.5, 0.6) is 0 Å². The quantitative estimate of drug-likeness (QED) is 0.562. The van der Waals surface area contributed by atoms with Crippen LogP contribution in [0.2, 0.25) is 13.1 Å². The summed E-state index contributed by atoms with van der Waals surface area (Å²) in [5, 5.41) is 0. The predicted molar refractivity (Wildman–Crippen MR) is 103 cm³/mol. The van der Waals surface area contributed by atoms with Crippen LogP contribution >= 0.6 is 0 Å². The van der Waals surface area contributed by atoms with Crippen molar-refractivity contribution in [3.05, 3.63) is 20.6 Å². The Morgan fingerprint density at radius 3 is 1.69 bits per heavy atom. The summed E-state index contributed by atoms with van der Waals surface area (Å²) >= 11 is -1.32. The molecule has 0 radical (unpaired) electrons. The molecule has 0 saturated heterocycles. The molecule has 147 valence electrons. The fourth-order valence-electron chi connectivity index (χ4n) is 6.87. The van der Waals surface area contributed by atoms with Gasteiger partial charge in [-0.25, -0.2) is 0 Å². The van der Waals surface area contributed by atoms with E-state index in [1.165, 1.54) is 19.3 Å². The minimum absolute atomic E-state index is 0. The first-order valence-corrected chi connectivity index (χ1v) is 17.5. The standard InChI is InChI=1S/C10H16N.C9H13.C2H7Si.2ClH.Ti/c11-10-4-7-1-8(5-10)3-9(2-7)6-10;1-6-5-7(2)9(4)8(6)3;1-3-2;;;/h7-9,11H,1-6H2;6H,1-4H3;3H,1-2H3;2*1H;/q-1;;;;;+3/p-2. The second-order valence-electron chi connectivity index (χ2n) is 9.96. The third-order valence-electron chi connectivity index (χ3n) is 7.95. The molecule has 0 spiro atoms. The van der Waals surface area contributed by atoms with Crippen molar-refractivity contribution < 1.29 is 42.2 Å². The SMILES string of the molecule is CC1=C(C)C(C)[C]([Ti+2]([NH]C23CC4CC(CC(C4)C2)C3)[SiH](C)C)=C1C.[Cl-].[Cl-]. The molecule has 1 N–H and O–H groups in total. The van der Waals surface area contributed by atoms with E-state index in [1.54, 1.807) is 36.0 Å². The van der Waals surface area contributed by atoms with Gasteiger partial charge in [-0.05, 0) is 0 Å². The third kappa shape index (κ3) is 3.85. The van der Waals surface area contributed by atoms with E-state index in [4.69, 9.17) is 0 Å². The average molecular weight is 449 g/mol. The van der Waals surface area contributed by atoms with Gasteiger partial charge in [-0.1, -0.05) is 0 Å². The minimum atomic E-state index is -1.32. The number of allylic oxidation sites excluding steroid dienone is 4. The number of rotatable bonds is 4. The molecule has 0 aliphatic heterocycles. The van der Waals surface area contributed by atoms with Gasteiger partial charge in [-0.15, -0.1) is 0 Å². The molecular formula is C21H36Cl2NSiTi. The number of hydrogen-bond donors (Lipinski definition) is 1. The van der Waals surface area contributed by atoms with Gasteiger partial charge in [0.15, 0.2) is 0 Å². The molecule has 0 aromatic rings. The smallest absolute Gasteiger partial charge is 1.00 e. The molecule has 5 aliphatic carbocycles. The molecule has 0 aromatic heterocycles. The zero-order valence-corrected chi connectivity index (χ0v) is 21.6. The zero-order valence-electron chi connectivity index (χ0n) is 17.4. The predicted octanol–water partition coefficient (Wildman–Crippen LogP) is -0.670. The molecule has 0 aromatic carbocycles. The van der Waals surface area contributed by atoms with Crippen molar-refractivity contribution in [1.82, 2.24) is 3.80 Å². The first-order chi connectivity index (χ1) is 11.3. The van der Waals surface area contributed by atoms with E-state index in [-0.39, 0.29) is 24.8 Å². The minimum Gasteiger partial charge on any atom is -1.00 e. The monoisotopic (exact) mass is 448 g/mol. The summed E-state index contributed by atoms with van der Waals surface area (Å²) in [6.45, 7) is 14.3. The molecule has 4 fully saturated rings. The van der Waals surface area contributed by atoms with E-state index in [1.807, 2.05) is 3.88 Å². The maximum atomic E-state index is 4.55. The van der Waals surface area contributed by atoms with Gasteiger partial charge in [-0.2, -0.15) is 0 Å². The van der Waals surface area contributed by atoms with Crippen molar-refractivity contribution >= 4 is 6.66 Å². The Morgan fingerprint density at radius 1 is 0.885 bits per heavy atom. The molecule has 1 atom stereocenters. The Hall–Kier alpha value is 0.951. The van der Waals surface area contributed by atoms with E-state index in [0.717, 1.165) is 23.7 Å². The molecular weight excluding hydrogens is 413 g/mol. The van der Waals surface area contributed by atoms with Gasteiger partial charge in [0.1, 0.15) is 0 Å². The normalized spacial score (nSPS) is 38.0. The van der Waals surface area contributed by atoms with Crippen molar-refractivity contribution in [3.8, 4) is 0 Å². The van der Waals surface area contributed by atoms with E-state index in [0.29, 0.717) is 5.54 Å². The Labute approximate surface area is 181 Å². The molecule has 5 aliphatic rings. The fourth-order valence-corrected chi connectivity index (χ4v) is 18.8. The average Bonchev–Trinajstić information content (AvgIpc) is 2.67. The summed E-state index contributed by atoms with van der Waals surface area (Å²) in [4.78, 5) is 0. The molecule has 4 bridgehead atoms. The van der Waals surface area contributed by atoms with Crippen LogP contribution in [0.4, 0.5) is 0 Å². The topological polar surface area (TPSA) is 12.0 Å². The third-order valence-corrected chi connectivity index (χ3v) is 19.8. The second-order valence-corrected chi connectivity index (χ2v) is 22.6. The van der Waals surface area contributed by atoms with Gasteiger partial charge in [0.05, 0.1) is 0 Å². The van der Waals surface area contributed by atoms with Crippen molar-refractivity contribution in [1.29, 1.82) is 0 Å². The van der Waals surface area contributed by atoms with E-state index in [9.17, 15) is 0 Å². The molecule has 0 heterocycles. The number of halogens is 2. The van der Waals surface area contributed by atoms with Crippen LogP contribution in [-0.2, 0) is 17.4 Å². The largest absolute Gasteiger partial charge is 1.00 e. The molecule has 5 rings (SSSR count). The molecule has 5 heteroatoms. The van der Waals surface area contributed by atoms with Crippen molar-refractivity contribution in [2.75, 3.05) is 0 Å². The van der Waals surface area contributed by atoms with Gasteiger partial charge >= 0.3 is 157 Å². The summed E-state index contributed by atoms with van der Waals surface area (Å²) in [6, 6.07) is 0. The maximum Gasteiger partial charge on any atom is -1.00 e. The number of nitrogens with one attached hydrogen (secondary N) is 1. The fraction of sp³-hybridized carbons (Fsp3) is 0.810. The Morgan fingerprint density at radius 2 is 1.35 bits per heavy atom. The molecule has 1 unspecified atom stereocenters. The summed E-state index contributed by atoms with van der Waals surface area (Å²) in [5.41, 5.74) is 5.53. The van der Waals surface area contributed by atoms with Gasteiger partial charge in [0, 0.05) is 0 Å². The van der Waals surface area contributed by atoms with Gasteiger partial charge in [0.2, 0.25) is 0 Å². The first-order valence-electron chi connectivity index (χ1n) is 10.3. The van der Waals surface area contributed by atoms with Crippen molar-refractivity contribution in [2.45, 2.75) is 84.9 Å². The summed E-state index contributed by atoms with van der Waals surface area (Å²) in [6.07, 6.45) is 9.24. The number of hydrogen-bond acceptors (Lipinski definition) is 1. The van der Waals surface area contributed by atoms with Crippen molar-refractivity contribution in [2.24, 2.45) is 23.7 Å². The van der Waals surface area contributed by atoms with Gasteiger partial charge in [-0.3, -0.25) is 0 Å². The molecule has 26 heavy (non-hydrogen) atoms. The van der Waals surface area contributed by atoms with Crippen LogP contribution < -0.4 is 28.6 Å². The Balaban J connectivity index is 0.00000121. The van der Waals surface area contributed by atoms with Gasteiger partial charge < -0.3 is 24.8 Å². The maximum absolute atomic E-state index is 4.55. The molecule has 4 saturated carbocycles. The van der Waals surface area contributed by atoms with E-state index < -0.39 is 24.0 Å². The summed E-state index contributed by atoms with van der Waals surface area (Å²) in [7, 11) is 0. The summed E-state index contributed by atoms with van der Waals surface area (Å²) < 4.78 is 6.48. The van der Waals surface area contributed by atoms with E-state index >= 15 is 0 Å². The molecule has 1 nitrogen and oxygen atoms in total. The Bertz CT molecular complexity index is 578. The molecule has 0 amide bonds. The van der Waals surface area contributed by atoms with Crippen LogP contribution in [0, 0.1) is 23.7 Å². The van der Waals surface area contributed by atoms with Crippen molar-refractivity contribution in [3.63, 3.8) is 0 Å². The van der Waals surface area contributed by atoms with Crippen LogP contribution in [0.25, 0.3) is 0 Å². The van der Waals surface area contributed by atoms with Crippen LogP contribution in [0.1, 0.15) is 66.2 Å². The van der Waals surface area contributed by atoms with E-state index in [2.05, 4.69) is 44.6 Å².